The third-order valence-electron chi connectivity index (χ3n) is 3.02. The first-order valence-corrected chi connectivity index (χ1v) is 7.42. The van der Waals surface area contributed by atoms with E-state index in [4.69, 9.17) is 4.74 Å². The molecule has 1 amide bonds. The van der Waals surface area contributed by atoms with Crippen molar-refractivity contribution in [3.8, 4) is 5.75 Å². The number of fused-ring (bicyclic) bond motifs is 1. The van der Waals surface area contributed by atoms with Crippen LogP contribution in [0.3, 0.4) is 0 Å². The Bertz CT molecular complexity index is 511. The molecule has 0 aliphatic carbocycles. The van der Waals surface area contributed by atoms with Gasteiger partial charge in [0.25, 0.3) is 6.43 Å². The van der Waals surface area contributed by atoms with Gasteiger partial charge in [-0.3, -0.25) is 4.79 Å². The minimum atomic E-state index is -2.51. The number of halogens is 3. The standard InChI is InChI=1S/C14H16BrF2NO3/c15-11-5-9-1-4-21-14(9)10(6-11)7-18-13(19)2-3-20-8-12(16)17/h5-6,12H,1-4,7-8H2,(H,18,19). The highest BCUT2D eigenvalue weighted by Gasteiger charge is 2.17. The van der Waals surface area contributed by atoms with E-state index in [1.54, 1.807) is 0 Å². The van der Waals surface area contributed by atoms with Gasteiger partial charge in [0.1, 0.15) is 12.4 Å². The molecule has 0 radical (unpaired) electrons. The Morgan fingerprint density at radius 3 is 3.05 bits per heavy atom. The van der Waals surface area contributed by atoms with Crippen molar-refractivity contribution in [1.29, 1.82) is 0 Å². The zero-order chi connectivity index (χ0) is 15.2. The first kappa shape index (κ1) is 16.2. The van der Waals surface area contributed by atoms with Crippen LogP contribution in [0.4, 0.5) is 8.78 Å². The first-order chi connectivity index (χ1) is 10.1. The molecule has 0 bridgehead atoms. The van der Waals surface area contributed by atoms with Gasteiger partial charge < -0.3 is 14.8 Å². The van der Waals surface area contributed by atoms with E-state index in [9.17, 15) is 13.6 Å². The van der Waals surface area contributed by atoms with Gasteiger partial charge in [0, 0.05) is 29.4 Å². The van der Waals surface area contributed by atoms with Gasteiger partial charge in [-0.05, 0) is 17.7 Å². The Morgan fingerprint density at radius 2 is 2.29 bits per heavy atom. The Kier molecular flexibility index (Phi) is 5.93. The molecule has 21 heavy (non-hydrogen) atoms. The van der Waals surface area contributed by atoms with Gasteiger partial charge in [-0.1, -0.05) is 15.9 Å². The van der Waals surface area contributed by atoms with Gasteiger partial charge in [-0.25, -0.2) is 8.78 Å². The van der Waals surface area contributed by atoms with Crippen LogP contribution in [0.2, 0.25) is 0 Å². The molecular formula is C14H16BrF2NO3. The van der Waals surface area contributed by atoms with Gasteiger partial charge in [-0.2, -0.15) is 0 Å². The van der Waals surface area contributed by atoms with E-state index >= 15 is 0 Å². The number of amides is 1. The lowest BCUT2D eigenvalue weighted by atomic mass is 10.1. The fourth-order valence-electron chi connectivity index (χ4n) is 2.10. The molecule has 0 fully saturated rings. The number of carbonyl (C=O) groups is 1. The fraction of sp³-hybridized carbons (Fsp3) is 0.500. The summed E-state index contributed by atoms with van der Waals surface area (Å²) in [7, 11) is 0. The molecule has 0 aromatic heterocycles. The normalized spacial score (nSPS) is 13.1. The van der Waals surface area contributed by atoms with Crippen LogP contribution in [0, 0.1) is 0 Å². The maximum Gasteiger partial charge on any atom is 0.261 e. The van der Waals surface area contributed by atoms with E-state index in [2.05, 4.69) is 26.0 Å². The summed E-state index contributed by atoms with van der Waals surface area (Å²) in [6.07, 6.45) is -1.59. The molecule has 4 nitrogen and oxygen atoms in total. The van der Waals surface area contributed by atoms with Crippen LogP contribution in [-0.4, -0.2) is 32.2 Å². The molecule has 1 aliphatic heterocycles. The molecule has 0 saturated heterocycles. The quantitative estimate of drug-likeness (QED) is 0.757. The number of alkyl halides is 2. The van der Waals surface area contributed by atoms with Gasteiger partial charge in [0.2, 0.25) is 5.91 Å². The van der Waals surface area contributed by atoms with Crippen LogP contribution >= 0.6 is 15.9 Å². The summed E-state index contributed by atoms with van der Waals surface area (Å²) in [5.74, 6) is 0.587. The highest BCUT2D eigenvalue weighted by molar-refractivity contribution is 9.10. The third kappa shape index (κ3) is 4.93. The molecule has 1 N–H and O–H groups in total. The van der Waals surface area contributed by atoms with E-state index in [0.717, 1.165) is 27.8 Å². The van der Waals surface area contributed by atoms with Crippen LogP contribution in [0.5, 0.6) is 5.75 Å². The molecule has 2 rings (SSSR count). The van der Waals surface area contributed by atoms with Crippen LogP contribution in [-0.2, 0) is 22.5 Å². The molecule has 7 heteroatoms. The van der Waals surface area contributed by atoms with Crippen LogP contribution in [0.25, 0.3) is 0 Å². The monoisotopic (exact) mass is 363 g/mol. The zero-order valence-corrected chi connectivity index (χ0v) is 12.9. The summed E-state index contributed by atoms with van der Waals surface area (Å²) < 4.78 is 34.9. The van der Waals surface area contributed by atoms with Gasteiger partial charge in [-0.15, -0.1) is 0 Å². The summed E-state index contributed by atoms with van der Waals surface area (Å²) in [6.45, 7) is 0.340. The zero-order valence-electron chi connectivity index (χ0n) is 11.3. The van der Waals surface area contributed by atoms with Gasteiger partial charge >= 0.3 is 0 Å². The van der Waals surface area contributed by atoms with Crippen LogP contribution in [0.1, 0.15) is 17.5 Å². The molecule has 0 saturated carbocycles. The van der Waals surface area contributed by atoms with Crippen molar-refractivity contribution in [3.63, 3.8) is 0 Å². The summed E-state index contributed by atoms with van der Waals surface area (Å²) in [5.41, 5.74) is 2.02. The van der Waals surface area contributed by atoms with Gasteiger partial charge in [0.15, 0.2) is 0 Å². The van der Waals surface area contributed by atoms with Crippen molar-refractivity contribution in [3.05, 3.63) is 27.7 Å². The number of carbonyl (C=O) groups excluding carboxylic acids is 1. The molecule has 1 aliphatic rings. The first-order valence-electron chi connectivity index (χ1n) is 6.63. The molecule has 0 unspecified atom stereocenters. The van der Waals surface area contributed by atoms with E-state index < -0.39 is 13.0 Å². The minimum Gasteiger partial charge on any atom is -0.493 e. The third-order valence-corrected chi connectivity index (χ3v) is 3.48. The summed E-state index contributed by atoms with van der Waals surface area (Å²) in [6, 6.07) is 3.91. The lowest BCUT2D eigenvalue weighted by Crippen LogP contribution is -2.24. The van der Waals surface area contributed by atoms with E-state index in [1.165, 1.54) is 0 Å². The Morgan fingerprint density at radius 1 is 1.48 bits per heavy atom. The molecule has 116 valence electrons. The lowest BCUT2D eigenvalue weighted by Gasteiger charge is -2.10. The second kappa shape index (κ2) is 7.70. The number of nitrogens with one attached hydrogen (secondary N) is 1. The SMILES string of the molecule is O=C(CCOCC(F)F)NCc1cc(Br)cc2c1OCC2. The highest BCUT2D eigenvalue weighted by Crippen LogP contribution is 2.32. The summed E-state index contributed by atoms with van der Waals surface area (Å²) in [5, 5.41) is 2.74. The smallest absolute Gasteiger partial charge is 0.261 e. The number of ether oxygens (including phenoxy) is 2. The molecule has 1 heterocycles. The van der Waals surface area contributed by atoms with Crippen molar-refractivity contribution in [2.75, 3.05) is 19.8 Å². The summed E-state index contributed by atoms with van der Waals surface area (Å²) in [4.78, 5) is 11.6. The second-order valence-corrected chi connectivity index (χ2v) is 5.56. The van der Waals surface area contributed by atoms with Crippen molar-refractivity contribution >= 4 is 21.8 Å². The Hall–Kier alpha value is -1.21. The maximum absolute atomic E-state index is 11.8. The molecular weight excluding hydrogens is 348 g/mol. The minimum absolute atomic E-state index is 0.0107. The average Bonchev–Trinajstić information content (AvgIpc) is 2.88. The second-order valence-electron chi connectivity index (χ2n) is 4.64. The lowest BCUT2D eigenvalue weighted by molar-refractivity contribution is -0.122. The number of hydrogen-bond donors (Lipinski definition) is 1. The number of benzene rings is 1. The molecule has 1 aromatic carbocycles. The topological polar surface area (TPSA) is 47.6 Å². The largest absolute Gasteiger partial charge is 0.493 e. The molecule has 1 aromatic rings. The predicted molar refractivity (Wildman–Crippen MR) is 76.6 cm³/mol. The van der Waals surface area contributed by atoms with E-state index in [0.29, 0.717) is 13.2 Å². The van der Waals surface area contributed by atoms with Crippen molar-refractivity contribution in [1.82, 2.24) is 5.32 Å². The Labute approximate surface area is 129 Å². The summed E-state index contributed by atoms with van der Waals surface area (Å²) >= 11 is 3.43. The maximum atomic E-state index is 11.8. The van der Waals surface area contributed by atoms with Crippen LogP contribution in [0.15, 0.2) is 16.6 Å². The van der Waals surface area contributed by atoms with Gasteiger partial charge in [0.05, 0.1) is 13.2 Å². The van der Waals surface area contributed by atoms with Crippen LogP contribution < -0.4 is 10.1 Å². The van der Waals surface area contributed by atoms with E-state index in [-0.39, 0.29) is 18.9 Å². The Balaban J connectivity index is 1.79. The number of hydrogen-bond acceptors (Lipinski definition) is 3. The predicted octanol–water partition coefficient (Wildman–Crippen LogP) is 2.67. The number of rotatable bonds is 7. The molecule has 0 atom stereocenters. The molecule has 0 spiro atoms. The van der Waals surface area contributed by atoms with Crippen molar-refractivity contribution in [2.24, 2.45) is 0 Å². The van der Waals surface area contributed by atoms with Crippen molar-refractivity contribution in [2.45, 2.75) is 25.8 Å². The van der Waals surface area contributed by atoms with Crippen molar-refractivity contribution < 1.29 is 23.0 Å². The average molecular weight is 364 g/mol. The fourth-order valence-corrected chi connectivity index (χ4v) is 2.65. The van der Waals surface area contributed by atoms with E-state index in [1.807, 2.05) is 12.1 Å². The highest BCUT2D eigenvalue weighted by atomic mass is 79.9.